The molecular formula is C21H26N4. The zero-order valence-electron chi connectivity index (χ0n) is 15.1. The van der Waals surface area contributed by atoms with E-state index in [0.717, 1.165) is 18.5 Å². The summed E-state index contributed by atoms with van der Waals surface area (Å²) in [4.78, 5) is 0. The van der Waals surface area contributed by atoms with Gasteiger partial charge in [0.25, 0.3) is 0 Å². The van der Waals surface area contributed by atoms with E-state index in [1.807, 2.05) is 20.2 Å². The van der Waals surface area contributed by atoms with Gasteiger partial charge >= 0.3 is 0 Å². The van der Waals surface area contributed by atoms with Gasteiger partial charge in [0, 0.05) is 18.2 Å². The molecule has 1 unspecified atom stereocenters. The highest BCUT2D eigenvalue weighted by molar-refractivity contribution is 5.95. The molecule has 2 aromatic rings. The van der Waals surface area contributed by atoms with Crippen LogP contribution in [-0.2, 0) is 6.42 Å². The normalized spacial score (nSPS) is 21.3. The highest BCUT2D eigenvalue weighted by Crippen LogP contribution is 2.41. The lowest BCUT2D eigenvalue weighted by Crippen LogP contribution is -2.55. The number of nitrogens with two attached hydrogens (primary N) is 1. The highest BCUT2D eigenvalue weighted by atomic mass is 15.2. The largest absolute Gasteiger partial charge is 0.399 e. The second kappa shape index (κ2) is 5.99. The Labute approximate surface area is 149 Å². The summed E-state index contributed by atoms with van der Waals surface area (Å²) in [6.45, 7) is 0. The first-order valence-electron chi connectivity index (χ1n) is 8.89. The van der Waals surface area contributed by atoms with Gasteiger partial charge in [-0.1, -0.05) is 24.3 Å². The molecule has 2 aromatic carbocycles. The Morgan fingerprint density at radius 1 is 1.08 bits per heavy atom. The minimum Gasteiger partial charge on any atom is -0.399 e. The van der Waals surface area contributed by atoms with E-state index in [0.29, 0.717) is 6.04 Å². The van der Waals surface area contributed by atoms with E-state index in [9.17, 15) is 0 Å². The maximum Gasteiger partial charge on any atom is 0.0916 e. The second-order valence-corrected chi connectivity index (χ2v) is 7.04. The van der Waals surface area contributed by atoms with Gasteiger partial charge in [0.2, 0.25) is 0 Å². The van der Waals surface area contributed by atoms with E-state index in [1.54, 1.807) is 0 Å². The number of allylic oxidation sites excluding steroid dienone is 2. The number of likely N-dealkylation sites (N-methyl/N-ethyl adjacent to an activating group) is 3. The third-order valence-electron chi connectivity index (χ3n) is 5.87. The summed E-state index contributed by atoms with van der Waals surface area (Å²) in [5.74, 6) is 0. The van der Waals surface area contributed by atoms with Crippen LogP contribution in [0, 0.1) is 0 Å². The van der Waals surface area contributed by atoms with E-state index < -0.39 is 0 Å². The molecule has 0 radical (unpaired) electrons. The van der Waals surface area contributed by atoms with E-state index in [2.05, 4.69) is 59.4 Å². The third-order valence-corrected chi connectivity index (χ3v) is 5.87. The Morgan fingerprint density at radius 2 is 1.84 bits per heavy atom. The number of fused-ring (bicyclic) bond motifs is 4. The van der Waals surface area contributed by atoms with Crippen LogP contribution in [0.1, 0.15) is 17.5 Å². The Hall–Kier alpha value is -2.14. The molecule has 4 nitrogen and oxygen atoms in total. The van der Waals surface area contributed by atoms with Crippen molar-refractivity contribution in [1.82, 2.24) is 16.0 Å². The quantitative estimate of drug-likeness (QED) is 0.514. The first-order valence-corrected chi connectivity index (χ1v) is 8.89. The third kappa shape index (κ3) is 2.49. The summed E-state index contributed by atoms with van der Waals surface area (Å²) >= 11 is 0. The van der Waals surface area contributed by atoms with Crippen LogP contribution in [0.3, 0.4) is 0 Å². The van der Waals surface area contributed by atoms with Gasteiger partial charge < -0.3 is 11.1 Å². The lowest BCUT2D eigenvalue weighted by atomic mass is 9.74. The smallest absolute Gasteiger partial charge is 0.0916 e. The van der Waals surface area contributed by atoms with E-state index >= 15 is 0 Å². The van der Waals surface area contributed by atoms with Crippen molar-refractivity contribution < 1.29 is 0 Å². The number of anilines is 1. The van der Waals surface area contributed by atoms with E-state index in [1.165, 1.54) is 33.0 Å². The monoisotopic (exact) mass is 334 g/mol. The van der Waals surface area contributed by atoms with Crippen molar-refractivity contribution in [2.75, 3.05) is 26.9 Å². The summed E-state index contributed by atoms with van der Waals surface area (Å²) in [6.07, 6.45) is 6.46. The van der Waals surface area contributed by atoms with Crippen LogP contribution < -0.4 is 21.7 Å². The molecule has 0 spiro atoms. The van der Waals surface area contributed by atoms with Crippen LogP contribution in [0.25, 0.3) is 16.3 Å². The van der Waals surface area contributed by atoms with E-state index in [-0.39, 0.29) is 5.66 Å². The Kier molecular flexibility index (Phi) is 3.91. The fourth-order valence-electron chi connectivity index (χ4n) is 4.30. The highest BCUT2D eigenvalue weighted by Gasteiger charge is 2.35. The molecule has 0 heterocycles. The summed E-state index contributed by atoms with van der Waals surface area (Å²) < 4.78 is 0. The molecule has 5 N–H and O–H groups in total. The minimum atomic E-state index is -0.174. The van der Waals surface area contributed by atoms with Crippen molar-refractivity contribution in [1.29, 1.82) is 0 Å². The topological polar surface area (TPSA) is 62.1 Å². The van der Waals surface area contributed by atoms with E-state index in [4.69, 9.17) is 5.73 Å². The number of rotatable bonds is 3. The Morgan fingerprint density at radius 3 is 2.56 bits per heavy atom. The fraction of sp³-hybridized carbons (Fsp3) is 0.333. The van der Waals surface area contributed by atoms with Crippen LogP contribution in [0.4, 0.5) is 5.69 Å². The molecule has 0 saturated heterocycles. The van der Waals surface area contributed by atoms with Crippen LogP contribution in [-0.4, -0.2) is 32.8 Å². The van der Waals surface area contributed by atoms with Crippen LogP contribution in [0.2, 0.25) is 0 Å². The number of nitrogens with one attached hydrogen (secondary N) is 3. The average Bonchev–Trinajstić information content (AvgIpc) is 2.66. The Bertz CT molecular complexity index is 890. The molecule has 2 aliphatic rings. The SMILES string of the molecule is CNC1Cc2c(ccc3ccc(N)cc23)C2=C1CC(NC)(NC)C=C2. The van der Waals surface area contributed by atoms with Crippen molar-refractivity contribution >= 4 is 22.0 Å². The number of benzene rings is 2. The van der Waals surface area contributed by atoms with Gasteiger partial charge in [-0.05, 0) is 78.8 Å². The van der Waals surface area contributed by atoms with Crippen molar-refractivity contribution in [2.24, 2.45) is 0 Å². The predicted molar refractivity (Wildman–Crippen MR) is 106 cm³/mol. The van der Waals surface area contributed by atoms with Crippen molar-refractivity contribution in [2.45, 2.75) is 24.5 Å². The summed E-state index contributed by atoms with van der Waals surface area (Å²) in [6, 6.07) is 11.0. The molecule has 1 atom stereocenters. The molecule has 0 aliphatic heterocycles. The van der Waals surface area contributed by atoms with Crippen molar-refractivity contribution in [3.05, 3.63) is 59.2 Å². The molecule has 0 amide bonds. The summed E-state index contributed by atoms with van der Waals surface area (Å²) in [5, 5.41) is 12.9. The molecule has 0 bridgehead atoms. The van der Waals surface area contributed by atoms with Gasteiger partial charge in [-0.25, -0.2) is 0 Å². The van der Waals surface area contributed by atoms with Crippen LogP contribution >= 0.6 is 0 Å². The molecule has 4 heteroatoms. The maximum atomic E-state index is 6.07. The molecule has 0 fully saturated rings. The lowest BCUT2D eigenvalue weighted by Gasteiger charge is -2.40. The first-order chi connectivity index (χ1) is 12.1. The van der Waals surface area contributed by atoms with Crippen molar-refractivity contribution in [3.8, 4) is 0 Å². The fourth-order valence-corrected chi connectivity index (χ4v) is 4.30. The molecule has 4 rings (SSSR count). The molecular weight excluding hydrogens is 308 g/mol. The standard InChI is InChI=1S/C21H26N4/c1-23-20-11-18-15(7-5-13-4-6-14(22)10-17(13)18)16-8-9-21(24-2,25-3)12-19(16)20/h4-10,20,23-25H,11-12,22H2,1-3H3. The zero-order chi connectivity index (χ0) is 17.6. The predicted octanol–water partition coefficient (Wildman–Crippen LogP) is 2.41. The number of hydrogen-bond donors (Lipinski definition) is 4. The van der Waals surface area contributed by atoms with Gasteiger partial charge in [0.15, 0.2) is 0 Å². The van der Waals surface area contributed by atoms with Crippen molar-refractivity contribution in [3.63, 3.8) is 0 Å². The zero-order valence-corrected chi connectivity index (χ0v) is 15.1. The molecule has 25 heavy (non-hydrogen) atoms. The average molecular weight is 334 g/mol. The van der Waals surface area contributed by atoms with Crippen LogP contribution in [0.15, 0.2) is 48.1 Å². The molecule has 0 saturated carbocycles. The van der Waals surface area contributed by atoms with Gasteiger partial charge in [0.1, 0.15) is 0 Å². The van der Waals surface area contributed by atoms with Gasteiger partial charge in [-0.3, -0.25) is 10.6 Å². The molecule has 0 aromatic heterocycles. The first kappa shape index (κ1) is 16.3. The van der Waals surface area contributed by atoms with Gasteiger partial charge in [0.05, 0.1) is 5.66 Å². The second-order valence-electron chi connectivity index (χ2n) is 7.04. The number of hydrogen-bond acceptors (Lipinski definition) is 4. The molecule has 2 aliphatic carbocycles. The van der Waals surface area contributed by atoms with Crippen LogP contribution in [0.5, 0.6) is 0 Å². The maximum absolute atomic E-state index is 6.07. The van der Waals surface area contributed by atoms with Gasteiger partial charge in [-0.15, -0.1) is 0 Å². The summed E-state index contributed by atoms with van der Waals surface area (Å²) in [7, 11) is 6.07. The minimum absolute atomic E-state index is 0.174. The lowest BCUT2D eigenvalue weighted by molar-refractivity contribution is 0.357. The van der Waals surface area contributed by atoms with Gasteiger partial charge in [-0.2, -0.15) is 0 Å². The Balaban J connectivity index is 1.92. The number of nitrogen functional groups attached to an aromatic ring is 1. The molecule has 130 valence electrons. The summed E-state index contributed by atoms with van der Waals surface area (Å²) in [5.41, 5.74) is 12.3.